The van der Waals surface area contributed by atoms with Crippen molar-refractivity contribution in [1.29, 1.82) is 0 Å². The number of amides is 1. The molecule has 1 saturated heterocycles. The van der Waals surface area contributed by atoms with Crippen molar-refractivity contribution in [2.24, 2.45) is 0 Å². The molecule has 0 aromatic heterocycles. The summed E-state index contributed by atoms with van der Waals surface area (Å²) in [6.45, 7) is 1.79. The van der Waals surface area contributed by atoms with Gasteiger partial charge in [-0.2, -0.15) is 0 Å². The van der Waals surface area contributed by atoms with Gasteiger partial charge in [0, 0.05) is 13.1 Å². The van der Waals surface area contributed by atoms with Crippen molar-refractivity contribution in [2.75, 3.05) is 26.3 Å². The van der Waals surface area contributed by atoms with E-state index in [-0.39, 0.29) is 13.1 Å². The largest absolute Gasteiger partial charge is 0.450 e. The maximum atomic E-state index is 11.6. The third kappa shape index (κ3) is 5.06. The van der Waals surface area contributed by atoms with Crippen LogP contribution in [0.3, 0.4) is 0 Å². The van der Waals surface area contributed by atoms with Gasteiger partial charge in [0.2, 0.25) is 0 Å². The van der Waals surface area contributed by atoms with Crippen LogP contribution in [0.25, 0.3) is 0 Å². The number of unbranched alkanes of at least 4 members (excludes halogenated alkanes) is 3. The van der Waals surface area contributed by atoms with Crippen LogP contribution in [0.5, 0.6) is 0 Å². The lowest BCUT2D eigenvalue weighted by Crippen LogP contribution is -2.73. The fraction of sp³-hybridized carbons (Fsp3) is 0.929. The van der Waals surface area contributed by atoms with E-state index in [2.05, 4.69) is 17.6 Å². The second-order valence-electron chi connectivity index (χ2n) is 5.75. The van der Waals surface area contributed by atoms with Gasteiger partial charge in [-0.1, -0.05) is 26.2 Å². The van der Waals surface area contributed by atoms with Gasteiger partial charge in [0.1, 0.15) is 12.2 Å². The van der Waals surface area contributed by atoms with Crippen LogP contribution >= 0.6 is 0 Å². The minimum absolute atomic E-state index is 0.00648. The number of β-amino-alcohol motifs (C(OH)–C–C–N with tert-alkyl or cyclic N) is 1. The summed E-state index contributed by atoms with van der Waals surface area (Å²) < 4.78 is 5.00. The van der Waals surface area contributed by atoms with Crippen LogP contribution in [-0.4, -0.2) is 76.7 Å². The highest BCUT2D eigenvalue weighted by Crippen LogP contribution is 2.20. The Balaban J connectivity index is 2.38. The Labute approximate surface area is 130 Å². The van der Waals surface area contributed by atoms with Gasteiger partial charge >= 0.3 is 6.09 Å². The molecule has 0 saturated carbocycles. The van der Waals surface area contributed by atoms with E-state index in [1.54, 1.807) is 0 Å². The molecule has 22 heavy (non-hydrogen) atoms. The van der Waals surface area contributed by atoms with Gasteiger partial charge in [-0.15, -0.1) is 0 Å². The highest BCUT2D eigenvalue weighted by molar-refractivity contribution is 5.67. The first-order valence-electron chi connectivity index (χ1n) is 7.77. The Morgan fingerprint density at radius 2 is 2.05 bits per heavy atom. The Hall–Kier alpha value is -0.930. The number of nitrogens with one attached hydrogen (secondary N) is 2. The number of piperidine rings is 1. The molecule has 0 bridgehead atoms. The predicted octanol–water partition coefficient (Wildman–Crippen LogP) is -1.29. The van der Waals surface area contributed by atoms with Gasteiger partial charge in [0.15, 0.2) is 0 Å². The van der Waals surface area contributed by atoms with E-state index >= 15 is 0 Å². The van der Waals surface area contributed by atoms with Crippen LogP contribution in [0.15, 0.2) is 0 Å². The molecule has 8 nitrogen and oxygen atoms in total. The zero-order chi connectivity index (χ0) is 16.6. The number of carbonyl (C=O) groups excluding carboxylic acids is 1. The summed E-state index contributed by atoms with van der Waals surface area (Å²) in [7, 11) is 0. The second-order valence-corrected chi connectivity index (χ2v) is 5.75. The molecule has 1 aliphatic rings. The van der Waals surface area contributed by atoms with Crippen LogP contribution in [0.1, 0.15) is 32.6 Å². The molecular formula is C14H28N2O6. The van der Waals surface area contributed by atoms with Crippen molar-refractivity contribution in [3.63, 3.8) is 0 Å². The molecule has 1 heterocycles. The number of aliphatic hydroxyl groups excluding tert-OH is 4. The molecule has 0 aromatic rings. The standard InChI is InChI=1S/C14H28N2O6/c1-2-3-4-5-6-22-13(21)15-8-14(9-17)12(20)11(19)10(18)7-16-14/h10-12,16-20H,2-9H2,1H3,(H,15,21). The Morgan fingerprint density at radius 3 is 2.68 bits per heavy atom. The number of rotatable bonds is 8. The third-order valence-electron chi connectivity index (χ3n) is 4.01. The molecule has 0 aliphatic carbocycles. The van der Waals surface area contributed by atoms with Crippen LogP contribution in [0.4, 0.5) is 4.79 Å². The van der Waals surface area contributed by atoms with E-state index in [9.17, 15) is 25.2 Å². The highest BCUT2D eigenvalue weighted by Gasteiger charge is 2.47. The number of carbonyl (C=O) groups is 1. The van der Waals surface area contributed by atoms with E-state index in [1.807, 2.05) is 0 Å². The molecule has 1 aliphatic heterocycles. The lowest BCUT2D eigenvalue weighted by atomic mass is 9.83. The molecule has 4 atom stereocenters. The average molecular weight is 320 g/mol. The molecule has 0 spiro atoms. The number of alkyl carbamates (subject to hydrolysis) is 1. The van der Waals surface area contributed by atoms with Crippen LogP contribution < -0.4 is 10.6 Å². The summed E-state index contributed by atoms with van der Waals surface area (Å²) in [5.41, 5.74) is -1.31. The average Bonchev–Trinajstić information content (AvgIpc) is 2.52. The molecular weight excluding hydrogens is 292 g/mol. The lowest BCUT2D eigenvalue weighted by molar-refractivity contribution is -0.131. The first-order valence-corrected chi connectivity index (χ1v) is 7.77. The van der Waals surface area contributed by atoms with Gasteiger partial charge in [0.25, 0.3) is 0 Å². The van der Waals surface area contributed by atoms with Crippen LogP contribution in [0.2, 0.25) is 0 Å². The quantitative estimate of drug-likeness (QED) is 0.307. The van der Waals surface area contributed by atoms with Crippen molar-refractivity contribution < 1.29 is 30.0 Å². The van der Waals surface area contributed by atoms with Gasteiger partial charge in [-0.05, 0) is 6.42 Å². The molecule has 1 fully saturated rings. The number of hydrogen-bond donors (Lipinski definition) is 6. The highest BCUT2D eigenvalue weighted by atomic mass is 16.5. The summed E-state index contributed by atoms with van der Waals surface area (Å²) in [6, 6.07) is 0. The third-order valence-corrected chi connectivity index (χ3v) is 4.01. The SMILES string of the molecule is CCCCCCOC(=O)NCC1(CO)NCC(O)C(O)C1O. The molecule has 1 rings (SSSR count). The van der Waals surface area contributed by atoms with Gasteiger partial charge in [-0.25, -0.2) is 4.79 Å². The van der Waals surface area contributed by atoms with Crippen molar-refractivity contribution in [3.8, 4) is 0 Å². The molecule has 0 radical (unpaired) electrons. The van der Waals surface area contributed by atoms with E-state index in [0.717, 1.165) is 25.7 Å². The molecule has 1 amide bonds. The molecule has 4 unspecified atom stereocenters. The minimum atomic E-state index is -1.41. The van der Waals surface area contributed by atoms with Gasteiger partial charge < -0.3 is 35.8 Å². The second kappa shape index (κ2) is 9.26. The van der Waals surface area contributed by atoms with Crippen molar-refractivity contribution in [2.45, 2.75) is 56.5 Å². The summed E-state index contributed by atoms with van der Waals surface area (Å²) >= 11 is 0. The van der Waals surface area contributed by atoms with Crippen molar-refractivity contribution in [3.05, 3.63) is 0 Å². The molecule has 130 valence electrons. The molecule has 6 N–H and O–H groups in total. The van der Waals surface area contributed by atoms with Crippen molar-refractivity contribution >= 4 is 6.09 Å². The summed E-state index contributed by atoms with van der Waals surface area (Å²) in [6.07, 6.45) is -0.587. The zero-order valence-corrected chi connectivity index (χ0v) is 13.0. The Kier molecular flexibility index (Phi) is 8.05. The molecule has 8 heteroatoms. The Morgan fingerprint density at radius 1 is 1.32 bits per heavy atom. The fourth-order valence-corrected chi connectivity index (χ4v) is 2.42. The normalized spacial score (nSPS) is 31.8. The van der Waals surface area contributed by atoms with E-state index < -0.39 is 36.6 Å². The number of ether oxygens (including phenoxy) is 1. The smallest absolute Gasteiger partial charge is 0.407 e. The van der Waals surface area contributed by atoms with E-state index in [4.69, 9.17) is 4.74 Å². The first-order chi connectivity index (χ1) is 10.5. The topological polar surface area (TPSA) is 131 Å². The summed E-state index contributed by atoms with van der Waals surface area (Å²) in [4.78, 5) is 11.6. The van der Waals surface area contributed by atoms with Gasteiger partial charge in [-0.3, -0.25) is 0 Å². The number of hydrogen-bond acceptors (Lipinski definition) is 7. The van der Waals surface area contributed by atoms with Crippen LogP contribution in [-0.2, 0) is 4.74 Å². The molecule has 0 aromatic carbocycles. The van der Waals surface area contributed by atoms with E-state index in [0.29, 0.717) is 6.61 Å². The van der Waals surface area contributed by atoms with Crippen LogP contribution in [0, 0.1) is 0 Å². The Bertz CT molecular complexity index is 343. The lowest BCUT2D eigenvalue weighted by Gasteiger charge is -2.45. The van der Waals surface area contributed by atoms with Crippen molar-refractivity contribution in [1.82, 2.24) is 10.6 Å². The fourth-order valence-electron chi connectivity index (χ4n) is 2.42. The zero-order valence-electron chi connectivity index (χ0n) is 13.0. The summed E-state index contributed by atoms with van der Waals surface area (Å²) in [5, 5.41) is 43.9. The minimum Gasteiger partial charge on any atom is -0.450 e. The predicted molar refractivity (Wildman–Crippen MR) is 79.3 cm³/mol. The maximum Gasteiger partial charge on any atom is 0.407 e. The maximum absolute atomic E-state index is 11.6. The first kappa shape index (κ1) is 19.1. The number of aliphatic hydroxyl groups is 4. The van der Waals surface area contributed by atoms with E-state index in [1.165, 1.54) is 0 Å². The summed E-state index contributed by atoms with van der Waals surface area (Å²) in [5.74, 6) is 0. The monoisotopic (exact) mass is 320 g/mol. The van der Waals surface area contributed by atoms with Gasteiger partial charge in [0.05, 0.1) is 24.9 Å².